The minimum atomic E-state index is -0.101. The Kier molecular flexibility index (Phi) is 6.32. The Morgan fingerprint density at radius 3 is 2.72 bits per heavy atom. The Morgan fingerprint density at radius 1 is 1.16 bits per heavy atom. The van der Waals surface area contributed by atoms with Gasteiger partial charge in [0.1, 0.15) is 0 Å². The lowest BCUT2D eigenvalue weighted by molar-refractivity contribution is 0.0952. The SMILES string of the molecule is Cc1ccc(C#Cc2cc(C(=O)NCCCC3(C)C=CN=C3)ccc2-n2cccn2)cc1. The van der Waals surface area contributed by atoms with Gasteiger partial charge < -0.3 is 5.32 Å². The molecule has 0 saturated carbocycles. The standard InChI is InChI=1S/C27H26N4O/c1-21-5-7-22(8-6-21)9-10-23-19-24(11-12-25(23)31-18-4-16-30-31)26(32)29-15-3-13-27(2)14-17-28-20-27/h4-8,11-12,14,16-20H,3,13,15H2,1-2H3,(H,29,32). The van der Waals surface area contributed by atoms with Gasteiger partial charge in [0.05, 0.1) is 11.3 Å². The maximum absolute atomic E-state index is 12.8. The Labute approximate surface area is 188 Å². The summed E-state index contributed by atoms with van der Waals surface area (Å²) < 4.78 is 1.76. The highest BCUT2D eigenvalue weighted by molar-refractivity contribution is 5.95. The topological polar surface area (TPSA) is 59.3 Å². The molecule has 1 atom stereocenters. The molecule has 0 aliphatic carbocycles. The molecule has 0 fully saturated rings. The van der Waals surface area contributed by atoms with Crippen molar-refractivity contribution in [3.05, 3.63) is 95.5 Å². The second-order valence-corrected chi connectivity index (χ2v) is 8.26. The van der Waals surface area contributed by atoms with Crippen LogP contribution in [0.5, 0.6) is 0 Å². The third-order valence-electron chi connectivity index (χ3n) is 5.49. The summed E-state index contributed by atoms with van der Waals surface area (Å²) in [6, 6.07) is 15.5. The van der Waals surface area contributed by atoms with E-state index in [1.807, 2.05) is 74.1 Å². The summed E-state index contributed by atoms with van der Waals surface area (Å²) >= 11 is 0. The molecule has 2 aromatic carbocycles. The fourth-order valence-corrected chi connectivity index (χ4v) is 3.56. The minimum absolute atomic E-state index is 0.00508. The van der Waals surface area contributed by atoms with Crippen LogP contribution in [0.15, 0.2) is 78.2 Å². The normalized spacial score (nSPS) is 16.6. The predicted molar refractivity (Wildman–Crippen MR) is 128 cm³/mol. The fraction of sp³-hybridized carbons (Fsp3) is 0.222. The van der Waals surface area contributed by atoms with Crippen LogP contribution >= 0.6 is 0 Å². The summed E-state index contributed by atoms with van der Waals surface area (Å²) in [5, 5.41) is 7.35. The third kappa shape index (κ3) is 5.22. The van der Waals surface area contributed by atoms with Gasteiger partial charge in [-0.1, -0.05) is 42.5 Å². The van der Waals surface area contributed by atoms with Crippen LogP contribution in [-0.4, -0.2) is 28.4 Å². The van der Waals surface area contributed by atoms with Crippen LogP contribution in [0.4, 0.5) is 0 Å². The minimum Gasteiger partial charge on any atom is -0.352 e. The molecular formula is C27H26N4O. The van der Waals surface area contributed by atoms with Crippen molar-refractivity contribution in [2.75, 3.05) is 6.54 Å². The number of carbonyl (C=O) groups excluding carboxylic acids is 1. The van der Waals surface area contributed by atoms with E-state index in [9.17, 15) is 4.79 Å². The molecule has 4 rings (SSSR count). The Balaban J connectivity index is 1.50. The lowest BCUT2D eigenvalue weighted by Gasteiger charge is -2.17. The van der Waals surface area contributed by atoms with Gasteiger partial charge in [-0.05, 0) is 56.2 Å². The van der Waals surface area contributed by atoms with Crippen molar-refractivity contribution in [1.29, 1.82) is 0 Å². The van der Waals surface area contributed by atoms with Gasteiger partial charge in [-0.15, -0.1) is 0 Å². The Morgan fingerprint density at radius 2 is 2.00 bits per heavy atom. The highest BCUT2D eigenvalue weighted by Crippen LogP contribution is 2.26. The third-order valence-corrected chi connectivity index (χ3v) is 5.49. The number of benzene rings is 2. The van der Waals surface area contributed by atoms with E-state index in [1.165, 1.54) is 5.56 Å². The molecule has 160 valence electrons. The number of nitrogens with zero attached hydrogens (tertiary/aromatic N) is 3. The summed E-state index contributed by atoms with van der Waals surface area (Å²) in [5.41, 5.74) is 4.29. The fourth-order valence-electron chi connectivity index (χ4n) is 3.56. The van der Waals surface area contributed by atoms with Crippen molar-refractivity contribution in [1.82, 2.24) is 15.1 Å². The van der Waals surface area contributed by atoms with Crippen molar-refractivity contribution in [3.63, 3.8) is 0 Å². The lowest BCUT2D eigenvalue weighted by Crippen LogP contribution is -2.26. The van der Waals surface area contributed by atoms with Crippen LogP contribution in [0.3, 0.4) is 0 Å². The van der Waals surface area contributed by atoms with Gasteiger partial charge in [0.25, 0.3) is 5.91 Å². The maximum Gasteiger partial charge on any atom is 0.251 e. The van der Waals surface area contributed by atoms with Gasteiger partial charge in [0.15, 0.2) is 0 Å². The molecule has 1 N–H and O–H groups in total. The zero-order valence-electron chi connectivity index (χ0n) is 18.4. The molecule has 1 aromatic heterocycles. The zero-order valence-corrected chi connectivity index (χ0v) is 18.4. The summed E-state index contributed by atoms with van der Waals surface area (Å²) in [6.07, 6.45) is 11.3. The van der Waals surface area contributed by atoms with Crippen LogP contribution in [0.25, 0.3) is 5.69 Å². The molecule has 0 bridgehead atoms. The monoisotopic (exact) mass is 422 g/mol. The second-order valence-electron chi connectivity index (χ2n) is 8.26. The predicted octanol–water partition coefficient (Wildman–Crippen LogP) is 4.69. The van der Waals surface area contributed by atoms with Gasteiger partial charge >= 0.3 is 0 Å². The van der Waals surface area contributed by atoms with E-state index >= 15 is 0 Å². The quantitative estimate of drug-likeness (QED) is 0.463. The van der Waals surface area contributed by atoms with Crippen LogP contribution < -0.4 is 5.32 Å². The van der Waals surface area contributed by atoms with Gasteiger partial charge in [-0.25, -0.2) is 4.68 Å². The van der Waals surface area contributed by atoms with E-state index in [4.69, 9.17) is 0 Å². The smallest absolute Gasteiger partial charge is 0.251 e. The first kappa shape index (κ1) is 21.3. The number of rotatable bonds is 6. The second kappa shape index (κ2) is 9.49. The summed E-state index contributed by atoms with van der Waals surface area (Å²) in [5.74, 6) is 6.33. The van der Waals surface area contributed by atoms with Crippen molar-refractivity contribution >= 4 is 12.1 Å². The van der Waals surface area contributed by atoms with Crippen LogP contribution in [-0.2, 0) is 0 Å². The summed E-state index contributed by atoms with van der Waals surface area (Å²) in [7, 11) is 0. The number of hydrogen-bond acceptors (Lipinski definition) is 3. The van der Waals surface area contributed by atoms with Crippen LogP contribution in [0, 0.1) is 24.2 Å². The molecule has 0 spiro atoms. The molecule has 1 amide bonds. The number of amides is 1. The summed E-state index contributed by atoms with van der Waals surface area (Å²) in [6.45, 7) is 4.81. The van der Waals surface area contributed by atoms with Gasteiger partial charge in [0, 0.05) is 47.9 Å². The Hall–Kier alpha value is -3.91. The summed E-state index contributed by atoms with van der Waals surface area (Å²) in [4.78, 5) is 16.9. The lowest BCUT2D eigenvalue weighted by atomic mass is 9.88. The molecule has 2 heterocycles. The number of allylic oxidation sites excluding steroid dienone is 1. The molecular weight excluding hydrogens is 396 g/mol. The molecule has 1 aliphatic heterocycles. The van der Waals surface area contributed by atoms with Crippen molar-refractivity contribution in [3.8, 4) is 17.5 Å². The van der Waals surface area contributed by atoms with Crippen molar-refractivity contribution in [2.45, 2.75) is 26.7 Å². The van der Waals surface area contributed by atoms with E-state index < -0.39 is 0 Å². The molecule has 0 saturated heterocycles. The number of aliphatic imine (C=N–C) groups is 1. The molecule has 32 heavy (non-hydrogen) atoms. The molecule has 1 unspecified atom stereocenters. The maximum atomic E-state index is 12.8. The average molecular weight is 423 g/mol. The number of aryl methyl sites for hydroxylation is 1. The Bertz CT molecular complexity index is 1200. The van der Waals surface area contributed by atoms with E-state index in [-0.39, 0.29) is 11.3 Å². The van der Waals surface area contributed by atoms with E-state index in [0.717, 1.165) is 29.7 Å². The highest BCUT2D eigenvalue weighted by Gasteiger charge is 2.20. The number of nitrogens with one attached hydrogen (secondary N) is 1. The first-order valence-corrected chi connectivity index (χ1v) is 10.8. The number of carbonyl (C=O) groups is 1. The largest absolute Gasteiger partial charge is 0.352 e. The van der Waals surface area contributed by atoms with Crippen LogP contribution in [0.1, 0.15) is 46.8 Å². The zero-order chi connectivity index (χ0) is 22.4. The van der Waals surface area contributed by atoms with E-state index in [2.05, 4.69) is 40.2 Å². The molecule has 1 aliphatic rings. The molecule has 0 radical (unpaired) electrons. The average Bonchev–Trinajstić information content (AvgIpc) is 3.48. The molecule has 5 heteroatoms. The first-order valence-electron chi connectivity index (χ1n) is 10.8. The van der Waals surface area contributed by atoms with E-state index in [1.54, 1.807) is 10.9 Å². The van der Waals surface area contributed by atoms with Gasteiger partial charge in [-0.2, -0.15) is 5.10 Å². The number of aromatic nitrogens is 2. The molecule has 5 nitrogen and oxygen atoms in total. The van der Waals surface area contributed by atoms with Crippen molar-refractivity contribution < 1.29 is 4.79 Å². The first-order chi connectivity index (χ1) is 15.5. The van der Waals surface area contributed by atoms with Gasteiger partial charge in [0.2, 0.25) is 0 Å². The van der Waals surface area contributed by atoms with Crippen molar-refractivity contribution in [2.24, 2.45) is 10.4 Å². The molecule has 3 aromatic rings. The van der Waals surface area contributed by atoms with Gasteiger partial charge in [-0.3, -0.25) is 9.79 Å². The number of hydrogen-bond donors (Lipinski definition) is 1. The van der Waals surface area contributed by atoms with E-state index in [0.29, 0.717) is 12.1 Å². The van der Waals surface area contributed by atoms with Crippen LogP contribution in [0.2, 0.25) is 0 Å². The highest BCUT2D eigenvalue weighted by atomic mass is 16.1.